The van der Waals surface area contributed by atoms with Crippen molar-refractivity contribution in [3.05, 3.63) is 65.3 Å². The summed E-state index contributed by atoms with van der Waals surface area (Å²) in [4.78, 5) is 20.1. The molecule has 35 heavy (non-hydrogen) atoms. The summed E-state index contributed by atoms with van der Waals surface area (Å²) < 4.78 is 52.3. The Bertz CT molecular complexity index is 1190. The van der Waals surface area contributed by atoms with E-state index in [2.05, 4.69) is 15.3 Å². The van der Waals surface area contributed by atoms with Crippen LogP contribution in [-0.2, 0) is 6.18 Å². The van der Waals surface area contributed by atoms with E-state index in [9.17, 15) is 23.1 Å². The molecular weight excluding hydrogens is 487 g/mol. The molecule has 11 heteroatoms. The Hall–Kier alpha value is -3.37. The fourth-order valence-corrected chi connectivity index (χ4v) is 3.89. The highest BCUT2D eigenvalue weighted by Crippen LogP contribution is 2.40. The molecule has 0 radical (unpaired) electrons. The quantitative estimate of drug-likeness (QED) is 0.440. The third-order valence-corrected chi connectivity index (χ3v) is 5.61. The number of para-hydroxylation sites is 1. The molecule has 0 saturated heterocycles. The lowest BCUT2D eigenvalue weighted by Gasteiger charge is -2.27. The Labute approximate surface area is 203 Å². The number of alkyl halides is 3. The van der Waals surface area contributed by atoms with Gasteiger partial charge in [-0.2, -0.15) is 13.2 Å². The molecule has 1 aromatic heterocycles. The zero-order valence-corrected chi connectivity index (χ0v) is 19.0. The lowest BCUT2D eigenvalue weighted by atomic mass is 9.93. The van der Waals surface area contributed by atoms with E-state index in [1.165, 1.54) is 6.07 Å². The van der Waals surface area contributed by atoms with Crippen molar-refractivity contribution in [1.82, 2.24) is 15.3 Å². The number of benzene rings is 2. The van der Waals surface area contributed by atoms with Crippen LogP contribution in [0.4, 0.5) is 18.0 Å². The summed E-state index contributed by atoms with van der Waals surface area (Å²) in [7, 11) is 0. The van der Waals surface area contributed by atoms with Gasteiger partial charge < -0.3 is 19.9 Å². The molecule has 1 fully saturated rings. The number of hydrogen-bond donors (Lipinski definition) is 2. The van der Waals surface area contributed by atoms with Crippen LogP contribution in [0.1, 0.15) is 31.4 Å². The number of nitrogens with one attached hydrogen (secondary N) is 1. The summed E-state index contributed by atoms with van der Waals surface area (Å²) in [5, 5.41) is 12.8. The average Bonchev–Trinajstić information content (AvgIpc) is 2.81. The average molecular weight is 508 g/mol. The molecular formula is C24H21ClF3N3O4. The standard InChI is InChI=1S/C24H21ClF3N3O4/c25-15-8-6-7-14(13-15)19-21(34-16-9-2-1-3-10-16)31-20(24(26,27)28)22(30-19)35-23(33)29-17-11-4-5-12-18(17)32/h1-3,6-10,13,17-18,32H,4-5,11-12H2,(H,29,33)/t17-,18-/m1/s1. The minimum atomic E-state index is -5.01. The predicted molar refractivity (Wildman–Crippen MR) is 121 cm³/mol. The Morgan fingerprint density at radius 2 is 1.77 bits per heavy atom. The van der Waals surface area contributed by atoms with Gasteiger partial charge in [0.05, 0.1) is 12.1 Å². The van der Waals surface area contributed by atoms with Crippen LogP contribution in [0.2, 0.25) is 5.02 Å². The van der Waals surface area contributed by atoms with E-state index >= 15 is 0 Å². The van der Waals surface area contributed by atoms with Gasteiger partial charge in [-0.1, -0.05) is 54.8 Å². The Morgan fingerprint density at radius 1 is 1.03 bits per heavy atom. The van der Waals surface area contributed by atoms with Crippen LogP contribution in [0, 0.1) is 0 Å². The number of rotatable bonds is 5. The van der Waals surface area contributed by atoms with E-state index in [4.69, 9.17) is 21.1 Å². The summed E-state index contributed by atoms with van der Waals surface area (Å²) in [6, 6.07) is 13.7. The largest absolute Gasteiger partial charge is 0.438 e. The van der Waals surface area contributed by atoms with Gasteiger partial charge in [-0.25, -0.2) is 14.8 Å². The summed E-state index contributed by atoms with van der Waals surface area (Å²) in [6.07, 6.45) is -4.48. The SMILES string of the molecule is O=C(N[C@@H]1CCCC[C@H]1O)Oc1nc(-c2cccc(Cl)c2)c(Oc2ccccc2)nc1C(F)(F)F. The molecule has 1 saturated carbocycles. The van der Waals surface area contributed by atoms with Gasteiger partial charge in [0.25, 0.3) is 5.88 Å². The second-order valence-electron chi connectivity index (χ2n) is 7.95. The van der Waals surface area contributed by atoms with Crippen LogP contribution in [-0.4, -0.2) is 33.3 Å². The van der Waals surface area contributed by atoms with Crippen molar-refractivity contribution in [2.45, 2.75) is 44.0 Å². The zero-order valence-electron chi connectivity index (χ0n) is 18.3. The highest BCUT2D eigenvalue weighted by atomic mass is 35.5. The van der Waals surface area contributed by atoms with Gasteiger partial charge in [-0.05, 0) is 37.1 Å². The molecule has 4 rings (SSSR count). The summed E-state index contributed by atoms with van der Waals surface area (Å²) in [5.41, 5.74) is -1.34. The first-order chi connectivity index (χ1) is 16.7. The molecule has 2 N–H and O–H groups in total. The zero-order chi connectivity index (χ0) is 25.0. The van der Waals surface area contributed by atoms with Crippen LogP contribution >= 0.6 is 11.6 Å². The number of ether oxygens (including phenoxy) is 2. The van der Waals surface area contributed by atoms with Crippen LogP contribution in [0.5, 0.6) is 17.5 Å². The molecule has 0 spiro atoms. The molecule has 0 unspecified atom stereocenters. The summed E-state index contributed by atoms with van der Waals surface area (Å²) in [5.74, 6) is -1.26. The first-order valence-electron chi connectivity index (χ1n) is 10.8. The van der Waals surface area contributed by atoms with Gasteiger partial charge in [-0.15, -0.1) is 0 Å². The van der Waals surface area contributed by atoms with E-state index in [1.54, 1.807) is 48.5 Å². The minimum Gasteiger partial charge on any atom is -0.437 e. The van der Waals surface area contributed by atoms with Crippen molar-refractivity contribution in [3.8, 4) is 28.8 Å². The number of nitrogens with zero attached hydrogens (tertiary/aromatic N) is 2. The minimum absolute atomic E-state index is 0.107. The summed E-state index contributed by atoms with van der Waals surface area (Å²) >= 11 is 6.07. The molecule has 7 nitrogen and oxygen atoms in total. The van der Waals surface area contributed by atoms with E-state index < -0.39 is 41.9 Å². The first kappa shape index (κ1) is 24.7. The lowest BCUT2D eigenvalue weighted by Crippen LogP contribution is -2.46. The third kappa shape index (κ3) is 6.20. The van der Waals surface area contributed by atoms with Crippen LogP contribution < -0.4 is 14.8 Å². The molecule has 1 aliphatic rings. The van der Waals surface area contributed by atoms with E-state index in [1.807, 2.05) is 0 Å². The van der Waals surface area contributed by atoms with Crippen molar-refractivity contribution in [2.75, 3.05) is 0 Å². The van der Waals surface area contributed by atoms with Gasteiger partial charge in [0, 0.05) is 10.6 Å². The van der Waals surface area contributed by atoms with Crippen molar-refractivity contribution in [3.63, 3.8) is 0 Å². The van der Waals surface area contributed by atoms with Crippen molar-refractivity contribution >= 4 is 17.7 Å². The number of carbonyl (C=O) groups excluding carboxylic acids is 1. The van der Waals surface area contributed by atoms with Crippen molar-refractivity contribution in [2.24, 2.45) is 0 Å². The summed E-state index contributed by atoms with van der Waals surface area (Å²) in [6.45, 7) is 0. The maximum atomic E-state index is 13.9. The van der Waals surface area contributed by atoms with E-state index in [-0.39, 0.29) is 11.4 Å². The fourth-order valence-electron chi connectivity index (χ4n) is 3.70. The highest BCUT2D eigenvalue weighted by Gasteiger charge is 2.40. The van der Waals surface area contributed by atoms with Crippen molar-refractivity contribution in [1.29, 1.82) is 0 Å². The molecule has 0 aliphatic heterocycles. The number of aliphatic hydroxyl groups is 1. The monoisotopic (exact) mass is 507 g/mol. The molecule has 2 aromatic carbocycles. The smallest absolute Gasteiger partial charge is 0.437 e. The fraction of sp³-hybridized carbons (Fsp3) is 0.292. The molecule has 1 heterocycles. The Kier molecular flexibility index (Phi) is 7.42. The van der Waals surface area contributed by atoms with E-state index in [0.29, 0.717) is 23.4 Å². The number of hydrogen-bond acceptors (Lipinski definition) is 6. The second kappa shape index (κ2) is 10.5. The number of carbonyl (C=O) groups is 1. The number of halogens is 4. The maximum Gasteiger partial charge on any atom is 0.438 e. The van der Waals surface area contributed by atoms with Gasteiger partial charge >= 0.3 is 12.3 Å². The van der Waals surface area contributed by atoms with Crippen molar-refractivity contribution < 1.29 is 32.5 Å². The third-order valence-electron chi connectivity index (χ3n) is 5.38. The van der Waals surface area contributed by atoms with E-state index in [0.717, 1.165) is 12.8 Å². The van der Waals surface area contributed by atoms with Gasteiger partial charge in [0.1, 0.15) is 11.4 Å². The number of amides is 1. The maximum absolute atomic E-state index is 13.9. The molecule has 1 aliphatic carbocycles. The molecule has 1 amide bonds. The molecule has 2 atom stereocenters. The number of aliphatic hydroxyl groups excluding tert-OH is 1. The van der Waals surface area contributed by atoms with Crippen LogP contribution in [0.15, 0.2) is 54.6 Å². The Balaban J connectivity index is 1.74. The predicted octanol–water partition coefficient (Wildman–Crippen LogP) is 6.00. The topological polar surface area (TPSA) is 93.6 Å². The molecule has 3 aromatic rings. The van der Waals surface area contributed by atoms with Gasteiger partial charge in [0.2, 0.25) is 11.6 Å². The van der Waals surface area contributed by atoms with Crippen LogP contribution in [0.25, 0.3) is 11.3 Å². The first-order valence-corrected chi connectivity index (χ1v) is 11.2. The highest BCUT2D eigenvalue weighted by molar-refractivity contribution is 6.30. The van der Waals surface area contributed by atoms with Gasteiger partial charge in [-0.3, -0.25) is 0 Å². The molecule has 184 valence electrons. The normalized spacial score (nSPS) is 18.1. The second-order valence-corrected chi connectivity index (χ2v) is 8.38. The number of aromatic nitrogens is 2. The molecule has 0 bridgehead atoms. The van der Waals surface area contributed by atoms with Crippen LogP contribution in [0.3, 0.4) is 0 Å². The Morgan fingerprint density at radius 3 is 2.46 bits per heavy atom. The lowest BCUT2D eigenvalue weighted by molar-refractivity contribution is -0.142. The van der Waals surface area contributed by atoms with Gasteiger partial charge in [0.15, 0.2) is 0 Å².